The van der Waals surface area contributed by atoms with Crippen molar-refractivity contribution in [2.75, 3.05) is 32.9 Å². The SMILES string of the molecule is Brc1cc2c(c(CN3CC4(CCOCC4)C3)c1)OCC2. The molecule has 2 fully saturated rings. The molecule has 3 aliphatic heterocycles. The van der Waals surface area contributed by atoms with Gasteiger partial charge in [0.15, 0.2) is 0 Å². The van der Waals surface area contributed by atoms with E-state index in [4.69, 9.17) is 9.47 Å². The van der Waals surface area contributed by atoms with Crippen LogP contribution < -0.4 is 4.74 Å². The molecule has 0 amide bonds. The highest BCUT2D eigenvalue weighted by Gasteiger charge is 2.43. The van der Waals surface area contributed by atoms with Gasteiger partial charge in [0.1, 0.15) is 5.75 Å². The lowest BCUT2D eigenvalue weighted by atomic mass is 9.73. The van der Waals surface area contributed by atoms with Crippen molar-refractivity contribution in [2.24, 2.45) is 5.41 Å². The van der Waals surface area contributed by atoms with E-state index in [2.05, 4.69) is 33.0 Å². The predicted octanol–water partition coefficient (Wildman–Crippen LogP) is 3.00. The normalized spacial score (nSPS) is 24.2. The minimum Gasteiger partial charge on any atom is -0.493 e. The Morgan fingerprint density at radius 3 is 2.75 bits per heavy atom. The van der Waals surface area contributed by atoms with E-state index in [0.717, 1.165) is 38.5 Å². The molecule has 3 heterocycles. The predicted molar refractivity (Wildman–Crippen MR) is 81.1 cm³/mol. The van der Waals surface area contributed by atoms with Crippen molar-refractivity contribution in [3.63, 3.8) is 0 Å². The van der Waals surface area contributed by atoms with Crippen molar-refractivity contribution < 1.29 is 9.47 Å². The lowest BCUT2D eigenvalue weighted by Crippen LogP contribution is -2.57. The first-order valence-corrected chi connectivity index (χ1v) is 8.28. The molecular weight excluding hydrogens is 318 g/mol. The molecular formula is C16H20BrNO2. The van der Waals surface area contributed by atoms with Gasteiger partial charge in [-0.15, -0.1) is 0 Å². The molecule has 2 saturated heterocycles. The summed E-state index contributed by atoms with van der Waals surface area (Å²) < 4.78 is 12.5. The number of hydrogen-bond acceptors (Lipinski definition) is 3. The van der Waals surface area contributed by atoms with E-state index in [1.807, 2.05) is 0 Å². The summed E-state index contributed by atoms with van der Waals surface area (Å²) in [6.07, 6.45) is 3.51. The number of likely N-dealkylation sites (tertiary alicyclic amines) is 1. The Labute approximate surface area is 128 Å². The number of ether oxygens (including phenoxy) is 2. The lowest BCUT2D eigenvalue weighted by Gasteiger charge is -2.52. The first kappa shape index (κ1) is 13.1. The first-order chi connectivity index (χ1) is 9.74. The molecule has 3 nitrogen and oxygen atoms in total. The van der Waals surface area contributed by atoms with Crippen LogP contribution in [-0.2, 0) is 17.7 Å². The minimum absolute atomic E-state index is 0.550. The van der Waals surface area contributed by atoms with Crippen LogP contribution in [0.3, 0.4) is 0 Å². The van der Waals surface area contributed by atoms with Crippen molar-refractivity contribution in [1.82, 2.24) is 4.90 Å². The standard InChI is InChI=1S/C16H20BrNO2/c17-14-7-12-1-4-20-15(12)13(8-14)9-18-10-16(11-18)2-5-19-6-3-16/h7-8H,1-6,9-11H2. The maximum Gasteiger partial charge on any atom is 0.127 e. The fourth-order valence-electron chi connectivity index (χ4n) is 3.84. The fraction of sp³-hybridized carbons (Fsp3) is 0.625. The van der Waals surface area contributed by atoms with Crippen LogP contribution in [0, 0.1) is 5.41 Å². The monoisotopic (exact) mass is 337 g/mol. The van der Waals surface area contributed by atoms with Crippen molar-refractivity contribution in [3.05, 3.63) is 27.7 Å². The van der Waals surface area contributed by atoms with Crippen molar-refractivity contribution in [1.29, 1.82) is 0 Å². The molecule has 0 unspecified atom stereocenters. The van der Waals surface area contributed by atoms with Crippen molar-refractivity contribution in [3.8, 4) is 5.75 Å². The topological polar surface area (TPSA) is 21.7 Å². The molecule has 0 N–H and O–H groups in total. The molecule has 3 aliphatic rings. The number of rotatable bonds is 2. The summed E-state index contributed by atoms with van der Waals surface area (Å²) in [5, 5.41) is 0. The van der Waals surface area contributed by atoms with Crippen LogP contribution in [-0.4, -0.2) is 37.8 Å². The lowest BCUT2D eigenvalue weighted by molar-refractivity contribution is -0.0840. The number of halogens is 1. The van der Waals surface area contributed by atoms with Gasteiger partial charge < -0.3 is 9.47 Å². The van der Waals surface area contributed by atoms with Gasteiger partial charge in [-0.25, -0.2) is 0 Å². The van der Waals surface area contributed by atoms with Crippen LogP contribution in [0.15, 0.2) is 16.6 Å². The van der Waals surface area contributed by atoms with E-state index in [1.54, 1.807) is 0 Å². The van der Waals surface area contributed by atoms with Gasteiger partial charge in [0.05, 0.1) is 6.61 Å². The number of benzene rings is 1. The van der Waals surface area contributed by atoms with Gasteiger partial charge >= 0.3 is 0 Å². The van der Waals surface area contributed by atoms with E-state index in [1.165, 1.54) is 41.5 Å². The van der Waals surface area contributed by atoms with E-state index < -0.39 is 0 Å². The highest BCUT2D eigenvalue weighted by atomic mass is 79.9. The second-order valence-corrected chi connectivity index (χ2v) is 7.32. The Balaban J connectivity index is 1.46. The van der Waals surface area contributed by atoms with E-state index >= 15 is 0 Å². The Morgan fingerprint density at radius 1 is 1.15 bits per heavy atom. The summed E-state index contributed by atoms with van der Waals surface area (Å²) in [5.41, 5.74) is 3.25. The van der Waals surface area contributed by atoms with Gasteiger partial charge in [0, 0.05) is 54.7 Å². The summed E-state index contributed by atoms with van der Waals surface area (Å²) in [6.45, 7) is 6.19. The third-order valence-electron chi connectivity index (χ3n) is 4.89. The van der Waals surface area contributed by atoms with Crippen LogP contribution in [0.4, 0.5) is 0 Å². The third kappa shape index (κ3) is 2.28. The molecule has 1 aromatic carbocycles. The molecule has 20 heavy (non-hydrogen) atoms. The highest BCUT2D eigenvalue weighted by molar-refractivity contribution is 9.10. The molecule has 0 atom stereocenters. The van der Waals surface area contributed by atoms with E-state index in [9.17, 15) is 0 Å². The van der Waals surface area contributed by atoms with E-state index in [0.29, 0.717) is 5.41 Å². The van der Waals surface area contributed by atoms with Crippen LogP contribution >= 0.6 is 15.9 Å². The van der Waals surface area contributed by atoms with Crippen LogP contribution in [0.25, 0.3) is 0 Å². The number of hydrogen-bond donors (Lipinski definition) is 0. The van der Waals surface area contributed by atoms with Crippen molar-refractivity contribution >= 4 is 15.9 Å². The maximum absolute atomic E-state index is 5.82. The summed E-state index contributed by atoms with van der Waals surface area (Å²) in [6, 6.07) is 4.42. The third-order valence-corrected chi connectivity index (χ3v) is 5.35. The smallest absolute Gasteiger partial charge is 0.127 e. The quantitative estimate of drug-likeness (QED) is 0.828. The average molecular weight is 338 g/mol. The van der Waals surface area contributed by atoms with Crippen molar-refractivity contribution in [2.45, 2.75) is 25.8 Å². The summed E-state index contributed by atoms with van der Waals surface area (Å²) in [4.78, 5) is 2.55. The van der Waals surface area contributed by atoms with Gasteiger partial charge in [-0.2, -0.15) is 0 Å². The Hall–Kier alpha value is -0.580. The summed E-state index contributed by atoms with van der Waals surface area (Å²) in [5.74, 6) is 1.14. The highest BCUT2D eigenvalue weighted by Crippen LogP contribution is 2.42. The van der Waals surface area contributed by atoms with E-state index in [-0.39, 0.29) is 0 Å². The van der Waals surface area contributed by atoms with Gasteiger partial charge in [-0.05, 0) is 30.5 Å². The Bertz CT molecular complexity index is 517. The molecule has 4 heteroatoms. The molecule has 1 aromatic rings. The molecule has 108 valence electrons. The Kier molecular flexibility index (Phi) is 3.28. The number of fused-ring (bicyclic) bond motifs is 1. The average Bonchev–Trinajstić information content (AvgIpc) is 2.86. The maximum atomic E-state index is 5.82. The molecule has 1 spiro atoms. The summed E-state index contributed by atoms with van der Waals surface area (Å²) >= 11 is 3.63. The van der Waals surface area contributed by atoms with Crippen LogP contribution in [0.1, 0.15) is 24.0 Å². The minimum atomic E-state index is 0.550. The fourth-order valence-corrected chi connectivity index (χ4v) is 4.39. The second-order valence-electron chi connectivity index (χ2n) is 6.41. The first-order valence-electron chi connectivity index (χ1n) is 7.48. The zero-order valence-electron chi connectivity index (χ0n) is 11.7. The second kappa shape index (κ2) is 5.00. The van der Waals surface area contributed by atoms with Gasteiger partial charge in [-0.1, -0.05) is 15.9 Å². The molecule has 0 aliphatic carbocycles. The molecule has 0 aromatic heterocycles. The number of nitrogens with zero attached hydrogens (tertiary/aromatic N) is 1. The zero-order chi connectivity index (χ0) is 13.6. The largest absolute Gasteiger partial charge is 0.493 e. The molecule has 0 saturated carbocycles. The zero-order valence-corrected chi connectivity index (χ0v) is 13.2. The van der Waals surface area contributed by atoms with Gasteiger partial charge in [-0.3, -0.25) is 4.90 Å². The molecule has 0 radical (unpaired) electrons. The van der Waals surface area contributed by atoms with Gasteiger partial charge in [0.25, 0.3) is 0 Å². The van der Waals surface area contributed by atoms with Crippen LogP contribution in [0.5, 0.6) is 5.75 Å². The van der Waals surface area contributed by atoms with Crippen LogP contribution in [0.2, 0.25) is 0 Å². The Morgan fingerprint density at radius 2 is 1.95 bits per heavy atom. The van der Waals surface area contributed by atoms with Gasteiger partial charge in [0.2, 0.25) is 0 Å². The summed E-state index contributed by atoms with van der Waals surface area (Å²) in [7, 11) is 0. The molecule has 4 rings (SSSR count). The molecule has 0 bridgehead atoms.